The summed E-state index contributed by atoms with van der Waals surface area (Å²) in [5.41, 5.74) is 0. The third-order valence-electron chi connectivity index (χ3n) is 2.01. The molecule has 0 amide bonds. The van der Waals surface area contributed by atoms with E-state index in [1.54, 1.807) is 0 Å². The van der Waals surface area contributed by atoms with E-state index in [-0.39, 0.29) is 30.2 Å². The summed E-state index contributed by atoms with van der Waals surface area (Å²) < 4.78 is 34.1. The van der Waals surface area contributed by atoms with Crippen LogP contribution in [0.4, 0.5) is 8.78 Å². The third-order valence-corrected chi connectivity index (χ3v) is 2.31. The number of rotatable bonds is 6. The van der Waals surface area contributed by atoms with Crippen LogP contribution in [-0.4, -0.2) is 25.2 Å². The first-order chi connectivity index (χ1) is 9.04. The van der Waals surface area contributed by atoms with Gasteiger partial charge < -0.3 is 9.47 Å². The molecule has 0 radical (unpaired) electrons. The Morgan fingerprint density at radius 3 is 2.53 bits per heavy atom. The van der Waals surface area contributed by atoms with Crippen molar-refractivity contribution in [2.75, 3.05) is 13.3 Å². The van der Waals surface area contributed by atoms with Crippen LogP contribution in [0.2, 0.25) is 5.02 Å². The smallest absolute Gasteiger partial charge is 0.311 e. The Morgan fingerprint density at radius 2 is 1.89 bits per heavy atom. The number of carbonyl (C=O) groups is 2. The normalized spacial score (nSPS) is 10.1. The zero-order valence-corrected chi connectivity index (χ0v) is 10.6. The van der Waals surface area contributed by atoms with Crippen LogP contribution in [0.15, 0.2) is 18.2 Å². The summed E-state index contributed by atoms with van der Waals surface area (Å²) >= 11 is 5.65. The molecule has 7 heteroatoms. The fraction of sp³-hybridized carbons (Fsp3) is 0.333. The molecule has 0 fully saturated rings. The lowest BCUT2D eigenvalue weighted by atomic mass is 10.3. The molecule has 0 bridgehead atoms. The van der Waals surface area contributed by atoms with E-state index in [1.807, 2.05) is 0 Å². The molecule has 104 valence electrons. The highest BCUT2D eigenvalue weighted by Crippen LogP contribution is 2.27. The Labute approximate surface area is 113 Å². The van der Waals surface area contributed by atoms with Crippen LogP contribution >= 0.6 is 11.6 Å². The number of carbonyl (C=O) groups excluding carboxylic acids is 2. The fourth-order valence-corrected chi connectivity index (χ4v) is 1.38. The fourth-order valence-electron chi connectivity index (χ4n) is 1.17. The largest absolute Gasteiger partial charge is 0.463 e. The monoisotopic (exact) mass is 292 g/mol. The van der Waals surface area contributed by atoms with E-state index < -0.39 is 24.4 Å². The van der Waals surface area contributed by atoms with Gasteiger partial charge in [-0.1, -0.05) is 17.7 Å². The maximum atomic E-state index is 13.3. The molecule has 0 aliphatic heterocycles. The lowest BCUT2D eigenvalue weighted by Crippen LogP contribution is -2.14. The van der Waals surface area contributed by atoms with Crippen LogP contribution < -0.4 is 4.74 Å². The minimum absolute atomic E-state index is 0.0478. The zero-order valence-electron chi connectivity index (χ0n) is 9.83. The minimum Gasteiger partial charge on any atom is -0.463 e. The topological polar surface area (TPSA) is 52.6 Å². The van der Waals surface area contributed by atoms with Crippen molar-refractivity contribution in [1.82, 2.24) is 0 Å². The first-order valence-electron chi connectivity index (χ1n) is 5.41. The molecule has 0 N–H and O–H groups in total. The highest BCUT2D eigenvalue weighted by Gasteiger charge is 2.14. The molecule has 0 saturated carbocycles. The molecule has 1 aromatic rings. The quantitative estimate of drug-likeness (QED) is 0.597. The summed E-state index contributed by atoms with van der Waals surface area (Å²) in [6.45, 7) is -1.14. The standard InChI is InChI=1S/C12H11ClF2O4/c13-8-2-1-3-9(15)12(8)19-11(17)5-4-10(16)18-7-6-14/h1-3H,4-7H2. The number of hydrogen-bond donors (Lipinski definition) is 0. The Kier molecular flexibility index (Phi) is 6.21. The molecule has 1 aromatic carbocycles. The molecule has 0 saturated heterocycles. The van der Waals surface area contributed by atoms with Crippen molar-refractivity contribution in [2.24, 2.45) is 0 Å². The van der Waals surface area contributed by atoms with Crippen molar-refractivity contribution in [3.05, 3.63) is 29.0 Å². The van der Waals surface area contributed by atoms with Crippen molar-refractivity contribution in [3.8, 4) is 5.75 Å². The van der Waals surface area contributed by atoms with E-state index in [0.29, 0.717) is 0 Å². The number of benzene rings is 1. The average Bonchev–Trinajstić information content (AvgIpc) is 2.38. The van der Waals surface area contributed by atoms with Crippen LogP contribution in [0.25, 0.3) is 0 Å². The van der Waals surface area contributed by atoms with Gasteiger partial charge in [-0.3, -0.25) is 9.59 Å². The molecule has 0 atom stereocenters. The number of para-hydroxylation sites is 1. The number of ether oxygens (including phenoxy) is 2. The summed E-state index contributed by atoms with van der Waals surface area (Å²) in [5.74, 6) is -2.72. The summed E-state index contributed by atoms with van der Waals surface area (Å²) in [4.78, 5) is 22.4. The van der Waals surface area contributed by atoms with Crippen LogP contribution in [0.1, 0.15) is 12.8 Å². The lowest BCUT2D eigenvalue weighted by molar-refractivity contribution is -0.147. The van der Waals surface area contributed by atoms with Crippen molar-refractivity contribution < 1.29 is 27.8 Å². The molecular weight excluding hydrogens is 282 g/mol. The van der Waals surface area contributed by atoms with E-state index in [0.717, 1.165) is 6.07 Å². The van der Waals surface area contributed by atoms with Crippen LogP contribution in [0.3, 0.4) is 0 Å². The molecule has 1 rings (SSSR count). The number of alkyl halides is 1. The summed E-state index contributed by atoms with van der Waals surface area (Å²) in [7, 11) is 0. The van der Waals surface area contributed by atoms with E-state index in [2.05, 4.69) is 4.74 Å². The van der Waals surface area contributed by atoms with E-state index in [4.69, 9.17) is 16.3 Å². The predicted molar refractivity (Wildman–Crippen MR) is 63.2 cm³/mol. The van der Waals surface area contributed by atoms with E-state index in [9.17, 15) is 18.4 Å². The number of esters is 2. The van der Waals surface area contributed by atoms with Gasteiger partial charge in [-0.2, -0.15) is 0 Å². The van der Waals surface area contributed by atoms with Crippen molar-refractivity contribution in [2.45, 2.75) is 12.8 Å². The Hall–Kier alpha value is -1.69. The molecule has 0 aliphatic carbocycles. The second-order valence-electron chi connectivity index (χ2n) is 3.43. The highest BCUT2D eigenvalue weighted by molar-refractivity contribution is 6.32. The van der Waals surface area contributed by atoms with Gasteiger partial charge in [-0.05, 0) is 12.1 Å². The van der Waals surface area contributed by atoms with E-state index >= 15 is 0 Å². The summed E-state index contributed by atoms with van der Waals surface area (Å²) in [5, 5.41) is -0.0478. The van der Waals surface area contributed by atoms with Gasteiger partial charge in [0.2, 0.25) is 0 Å². The summed E-state index contributed by atoms with van der Waals surface area (Å²) in [6.07, 6.45) is -0.583. The first kappa shape index (κ1) is 15.4. The minimum atomic E-state index is -0.829. The molecule has 4 nitrogen and oxygen atoms in total. The van der Waals surface area contributed by atoms with E-state index in [1.165, 1.54) is 12.1 Å². The SMILES string of the molecule is O=C(CCC(=O)Oc1c(F)cccc1Cl)OCCF. The van der Waals surface area contributed by atoms with Crippen LogP contribution in [-0.2, 0) is 14.3 Å². The molecule has 0 aliphatic rings. The molecule has 0 aromatic heterocycles. The maximum absolute atomic E-state index is 13.3. The highest BCUT2D eigenvalue weighted by atomic mass is 35.5. The molecule has 0 heterocycles. The number of halogens is 3. The van der Waals surface area contributed by atoms with Gasteiger partial charge in [0.1, 0.15) is 13.3 Å². The first-order valence-corrected chi connectivity index (χ1v) is 5.78. The van der Waals surface area contributed by atoms with Gasteiger partial charge in [0.15, 0.2) is 11.6 Å². The number of hydrogen-bond acceptors (Lipinski definition) is 4. The molecule has 0 spiro atoms. The molecule has 0 unspecified atom stereocenters. The Bertz CT molecular complexity index is 445. The van der Waals surface area contributed by atoms with Gasteiger partial charge in [0, 0.05) is 0 Å². The van der Waals surface area contributed by atoms with Crippen LogP contribution in [0, 0.1) is 5.82 Å². The predicted octanol–water partition coefficient (Wildman–Crippen LogP) is 2.68. The Morgan fingerprint density at radius 1 is 1.21 bits per heavy atom. The summed E-state index contributed by atoms with van der Waals surface area (Å²) in [6, 6.07) is 3.82. The third kappa shape index (κ3) is 5.21. The van der Waals surface area contributed by atoms with Gasteiger partial charge >= 0.3 is 11.9 Å². The van der Waals surface area contributed by atoms with Gasteiger partial charge in [-0.15, -0.1) is 0 Å². The van der Waals surface area contributed by atoms with Crippen LogP contribution in [0.5, 0.6) is 5.75 Å². The van der Waals surface area contributed by atoms with Crippen molar-refractivity contribution >= 4 is 23.5 Å². The van der Waals surface area contributed by atoms with Gasteiger partial charge in [0.05, 0.1) is 17.9 Å². The van der Waals surface area contributed by atoms with Crippen molar-refractivity contribution in [3.63, 3.8) is 0 Å². The zero-order chi connectivity index (χ0) is 14.3. The van der Waals surface area contributed by atoms with Gasteiger partial charge in [0.25, 0.3) is 0 Å². The molecule has 19 heavy (non-hydrogen) atoms. The second kappa shape index (κ2) is 7.68. The Balaban J connectivity index is 2.45. The van der Waals surface area contributed by atoms with Gasteiger partial charge in [-0.25, -0.2) is 8.78 Å². The van der Waals surface area contributed by atoms with Crippen molar-refractivity contribution in [1.29, 1.82) is 0 Å². The second-order valence-corrected chi connectivity index (χ2v) is 3.84. The maximum Gasteiger partial charge on any atom is 0.311 e. The lowest BCUT2D eigenvalue weighted by Gasteiger charge is -2.07. The average molecular weight is 293 g/mol. The molecular formula is C12H11ClF2O4.